The van der Waals surface area contributed by atoms with E-state index < -0.39 is 0 Å². The van der Waals surface area contributed by atoms with Crippen LogP contribution >= 0.6 is 0 Å². The number of amides is 1. The maximum atomic E-state index is 12.0. The number of hydrazone groups is 1. The Bertz CT molecular complexity index is 870. The number of carbonyl (C=O) groups excluding carboxylic acids is 1. The van der Waals surface area contributed by atoms with Gasteiger partial charge in [0.1, 0.15) is 11.5 Å². The molecule has 3 rings (SSSR count). The average molecular weight is 325 g/mol. The van der Waals surface area contributed by atoms with Crippen LogP contribution in [0.15, 0.2) is 50.7 Å². The molecule has 0 spiro atoms. The number of furan rings is 2. The van der Waals surface area contributed by atoms with Gasteiger partial charge in [0.05, 0.1) is 30.8 Å². The Hall–Kier alpha value is -3.02. The largest absolute Gasteiger partial charge is 0.469 e. The molecule has 3 heterocycles. The third kappa shape index (κ3) is 3.17. The van der Waals surface area contributed by atoms with E-state index in [0.717, 1.165) is 22.7 Å². The van der Waals surface area contributed by atoms with Gasteiger partial charge in [0.25, 0.3) is 5.91 Å². The van der Waals surface area contributed by atoms with Crippen LogP contribution in [0.1, 0.15) is 38.8 Å². The van der Waals surface area contributed by atoms with Crippen LogP contribution in [0.2, 0.25) is 0 Å². The fraction of sp³-hybridized carbons (Fsp3) is 0.222. The monoisotopic (exact) mass is 325 g/mol. The van der Waals surface area contributed by atoms with E-state index in [9.17, 15) is 4.79 Å². The SMILES string of the molecule is Cc1occc1C(=O)N/N=C\c1cc(C)n(Cc2ccco2)c1C. The minimum Gasteiger partial charge on any atom is -0.469 e. The van der Waals surface area contributed by atoms with Gasteiger partial charge in [-0.15, -0.1) is 0 Å². The summed E-state index contributed by atoms with van der Waals surface area (Å²) >= 11 is 0. The van der Waals surface area contributed by atoms with Gasteiger partial charge >= 0.3 is 0 Å². The zero-order chi connectivity index (χ0) is 17.1. The average Bonchev–Trinajstić information content (AvgIpc) is 3.26. The Balaban J connectivity index is 1.71. The molecule has 1 N–H and O–H groups in total. The van der Waals surface area contributed by atoms with Gasteiger partial charge in [-0.1, -0.05) is 0 Å². The van der Waals surface area contributed by atoms with Crippen LogP contribution in [0.4, 0.5) is 0 Å². The van der Waals surface area contributed by atoms with E-state index in [4.69, 9.17) is 8.83 Å². The molecule has 3 aromatic heterocycles. The summed E-state index contributed by atoms with van der Waals surface area (Å²) in [5.41, 5.74) is 6.10. The van der Waals surface area contributed by atoms with Crippen molar-refractivity contribution in [1.82, 2.24) is 9.99 Å². The minimum absolute atomic E-state index is 0.290. The van der Waals surface area contributed by atoms with Crippen molar-refractivity contribution in [3.63, 3.8) is 0 Å². The smallest absolute Gasteiger partial charge is 0.274 e. The number of rotatable bonds is 5. The molecule has 0 saturated carbocycles. The number of carbonyl (C=O) groups is 1. The second-order valence-corrected chi connectivity index (χ2v) is 5.58. The highest BCUT2D eigenvalue weighted by molar-refractivity contribution is 5.95. The van der Waals surface area contributed by atoms with Crippen LogP contribution in [0.3, 0.4) is 0 Å². The van der Waals surface area contributed by atoms with Gasteiger partial charge in [-0.25, -0.2) is 5.43 Å². The number of hydrogen-bond donors (Lipinski definition) is 1. The summed E-state index contributed by atoms with van der Waals surface area (Å²) in [7, 11) is 0. The van der Waals surface area contributed by atoms with E-state index in [1.807, 2.05) is 32.0 Å². The molecule has 1 amide bonds. The molecular formula is C18H19N3O3. The Morgan fingerprint density at radius 1 is 1.25 bits per heavy atom. The molecule has 6 heteroatoms. The summed E-state index contributed by atoms with van der Waals surface area (Å²) in [5.74, 6) is 1.17. The van der Waals surface area contributed by atoms with Gasteiger partial charge in [-0.05, 0) is 45.0 Å². The van der Waals surface area contributed by atoms with Gasteiger partial charge in [0.2, 0.25) is 0 Å². The summed E-state index contributed by atoms with van der Waals surface area (Å²) in [6.07, 6.45) is 4.80. The molecule has 0 aliphatic carbocycles. The van der Waals surface area contributed by atoms with Crippen molar-refractivity contribution >= 4 is 12.1 Å². The maximum Gasteiger partial charge on any atom is 0.274 e. The summed E-state index contributed by atoms with van der Waals surface area (Å²) in [6, 6.07) is 7.46. The highest BCUT2D eigenvalue weighted by Gasteiger charge is 2.11. The number of aryl methyl sites for hydroxylation is 2. The number of aromatic nitrogens is 1. The van der Waals surface area contributed by atoms with E-state index in [0.29, 0.717) is 17.9 Å². The van der Waals surface area contributed by atoms with E-state index in [1.54, 1.807) is 25.5 Å². The molecule has 0 fully saturated rings. The number of hydrogen-bond acceptors (Lipinski definition) is 4. The second kappa shape index (κ2) is 6.62. The first kappa shape index (κ1) is 15.9. The minimum atomic E-state index is -0.290. The van der Waals surface area contributed by atoms with Crippen molar-refractivity contribution in [3.8, 4) is 0 Å². The Morgan fingerprint density at radius 2 is 2.08 bits per heavy atom. The van der Waals surface area contributed by atoms with Crippen LogP contribution in [-0.2, 0) is 6.54 Å². The highest BCUT2D eigenvalue weighted by atomic mass is 16.3. The van der Waals surface area contributed by atoms with E-state index >= 15 is 0 Å². The van der Waals surface area contributed by atoms with Gasteiger partial charge < -0.3 is 13.4 Å². The summed E-state index contributed by atoms with van der Waals surface area (Å²) in [4.78, 5) is 12.0. The van der Waals surface area contributed by atoms with Crippen LogP contribution in [-0.4, -0.2) is 16.7 Å². The first-order chi connectivity index (χ1) is 11.6. The van der Waals surface area contributed by atoms with Crippen LogP contribution < -0.4 is 5.43 Å². The van der Waals surface area contributed by atoms with Crippen molar-refractivity contribution in [1.29, 1.82) is 0 Å². The maximum absolute atomic E-state index is 12.0. The van der Waals surface area contributed by atoms with E-state index in [2.05, 4.69) is 15.1 Å². The Kier molecular flexibility index (Phi) is 4.37. The molecule has 0 aliphatic heterocycles. The summed E-state index contributed by atoms with van der Waals surface area (Å²) < 4.78 is 12.7. The number of nitrogens with zero attached hydrogens (tertiary/aromatic N) is 2. The number of nitrogens with one attached hydrogen (secondary N) is 1. The molecule has 0 unspecified atom stereocenters. The molecule has 24 heavy (non-hydrogen) atoms. The lowest BCUT2D eigenvalue weighted by molar-refractivity contribution is 0.0953. The Labute approximate surface area is 139 Å². The summed E-state index contributed by atoms with van der Waals surface area (Å²) in [5, 5.41) is 4.05. The van der Waals surface area contributed by atoms with E-state index in [-0.39, 0.29) is 5.91 Å². The summed E-state index contributed by atoms with van der Waals surface area (Å²) in [6.45, 7) is 6.44. The fourth-order valence-electron chi connectivity index (χ4n) is 2.60. The zero-order valence-electron chi connectivity index (χ0n) is 13.9. The van der Waals surface area contributed by atoms with Crippen molar-refractivity contribution < 1.29 is 13.6 Å². The second-order valence-electron chi connectivity index (χ2n) is 5.58. The van der Waals surface area contributed by atoms with Crippen molar-refractivity contribution in [2.45, 2.75) is 27.3 Å². The van der Waals surface area contributed by atoms with Crippen LogP contribution in [0.25, 0.3) is 0 Å². The normalized spacial score (nSPS) is 11.3. The van der Waals surface area contributed by atoms with Gasteiger partial charge in [-0.2, -0.15) is 5.10 Å². The first-order valence-corrected chi connectivity index (χ1v) is 7.63. The molecule has 0 atom stereocenters. The molecule has 0 aromatic carbocycles. The molecule has 124 valence electrons. The van der Waals surface area contributed by atoms with Crippen molar-refractivity contribution in [2.75, 3.05) is 0 Å². The fourth-order valence-corrected chi connectivity index (χ4v) is 2.60. The molecule has 0 bridgehead atoms. The Morgan fingerprint density at radius 3 is 2.75 bits per heavy atom. The van der Waals surface area contributed by atoms with Crippen LogP contribution in [0, 0.1) is 20.8 Å². The van der Waals surface area contributed by atoms with Gasteiger partial charge in [0.15, 0.2) is 0 Å². The highest BCUT2D eigenvalue weighted by Crippen LogP contribution is 2.16. The molecule has 0 radical (unpaired) electrons. The quantitative estimate of drug-likeness (QED) is 0.577. The molecule has 6 nitrogen and oxygen atoms in total. The standard InChI is InChI=1S/C18H19N3O3/c1-12-9-15(13(2)21(12)11-16-5-4-7-24-16)10-19-20-18(22)17-6-8-23-14(17)3/h4-10H,11H2,1-3H3,(H,20,22)/b19-10-. The van der Waals surface area contributed by atoms with Crippen LogP contribution in [0.5, 0.6) is 0 Å². The molecule has 0 aliphatic rings. The van der Waals surface area contributed by atoms with Gasteiger partial charge in [0, 0.05) is 17.0 Å². The molecule has 0 saturated heterocycles. The lowest BCUT2D eigenvalue weighted by Crippen LogP contribution is -2.17. The lowest BCUT2D eigenvalue weighted by atomic mass is 10.2. The van der Waals surface area contributed by atoms with Crippen molar-refractivity contribution in [2.24, 2.45) is 5.10 Å². The third-order valence-corrected chi connectivity index (χ3v) is 3.98. The predicted octanol–water partition coefficient (Wildman–Crippen LogP) is 3.41. The first-order valence-electron chi connectivity index (χ1n) is 7.63. The predicted molar refractivity (Wildman–Crippen MR) is 90.2 cm³/mol. The zero-order valence-corrected chi connectivity index (χ0v) is 13.9. The third-order valence-electron chi connectivity index (χ3n) is 3.98. The molecular weight excluding hydrogens is 306 g/mol. The van der Waals surface area contributed by atoms with Crippen molar-refractivity contribution in [3.05, 3.63) is 70.8 Å². The van der Waals surface area contributed by atoms with Gasteiger partial charge in [-0.3, -0.25) is 4.79 Å². The topological polar surface area (TPSA) is 72.7 Å². The lowest BCUT2D eigenvalue weighted by Gasteiger charge is -2.07. The van der Waals surface area contributed by atoms with E-state index in [1.165, 1.54) is 6.26 Å². The molecule has 3 aromatic rings.